The summed E-state index contributed by atoms with van der Waals surface area (Å²) in [6, 6.07) is 12.9. The van der Waals surface area contributed by atoms with Crippen molar-refractivity contribution in [3.8, 4) is 5.75 Å². The van der Waals surface area contributed by atoms with E-state index >= 15 is 0 Å². The first-order valence-electron chi connectivity index (χ1n) is 10.2. The SMILES string of the molecule is COc1ccc(Sc2cn([C@@H]3O[C@H](COC(C)=O)[C@@H](O)[C@H](O)[C@H]3O)c3cccc(Cl)c23)cc1. The van der Waals surface area contributed by atoms with E-state index in [1.807, 2.05) is 30.3 Å². The summed E-state index contributed by atoms with van der Waals surface area (Å²) in [5.41, 5.74) is 0.678. The third-order valence-electron chi connectivity index (χ3n) is 5.47. The first-order valence-corrected chi connectivity index (χ1v) is 11.4. The second kappa shape index (κ2) is 9.92. The van der Waals surface area contributed by atoms with Gasteiger partial charge in [0.2, 0.25) is 0 Å². The topological polar surface area (TPSA) is 110 Å². The highest BCUT2D eigenvalue weighted by Crippen LogP contribution is 2.42. The molecule has 0 amide bonds. The number of carbonyl (C=O) groups is 1. The molecule has 8 nitrogen and oxygen atoms in total. The van der Waals surface area contributed by atoms with Crippen LogP contribution >= 0.6 is 23.4 Å². The van der Waals surface area contributed by atoms with Gasteiger partial charge in [-0.3, -0.25) is 4.79 Å². The van der Waals surface area contributed by atoms with Gasteiger partial charge in [0.05, 0.1) is 17.6 Å². The molecule has 3 N–H and O–H groups in total. The van der Waals surface area contributed by atoms with Crippen molar-refractivity contribution in [3.63, 3.8) is 0 Å². The lowest BCUT2D eigenvalue weighted by molar-refractivity contribution is -0.252. The average Bonchev–Trinajstić information content (AvgIpc) is 3.16. The van der Waals surface area contributed by atoms with Crippen molar-refractivity contribution in [2.45, 2.75) is 47.4 Å². The number of aromatic nitrogens is 1. The summed E-state index contributed by atoms with van der Waals surface area (Å²) in [6.45, 7) is 0.978. The van der Waals surface area contributed by atoms with Gasteiger partial charge >= 0.3 is 5.97 Å². The fourth-order valence-electron chi connectivity index (χ4n) is 3.79. The van der Waals surface area contributed by atoms with E-state index in [1.165, 1.54) is 18.7 Å². The van der Waals surface area contributed by atoms with Gasteiger partial charge in [0.15, 0.2) is 6.23 Å². The Morgan fingerprint density at radius 1 is 1.12 bits per heavy atom. The molecule has 0 saturated carbocycles. The minimum Gasteiger partial charge on any atom is -0.497 e. The van der Waals surface area contributed by atoms with Gasteiger partial charge in [0.25, 0.3) is 0 Å². The summed E-state index contributed by atoms with van der Waals surface area (Å²) in [6.07, 6.45) is -4.64. The molecule has 176 valence electrons. The summed E-state index contributed by atoms with van der Waals surface area (Å²) in [7, 11) is 1.60. The lowest BCUT2D eigenvalue weighted by atomic mass is 9.98. The normalized spacial score (nSPS) is 25.2. The number of benzene rings is 2. The van der Waals surface area contributed by atoms with E-state index in [0.717, 1.165) is 20.9 Å². The zero-order chi connectivity index (χ0) is 23.7. The summed E-state index contributed by atoms with van der Waals surface area (Å²) in [5.74, 6) is 0.198. The maximum absolute atomic E-state index is 11.2. The standard InChI is InChI=1S/C23H24ClNO7S/c1-12(26)31-11-17-20(27)21(28)22(29)23(32-17)25-10-18(19-15(24)4-3-5-16(19)25)33-14-8-6-13(30-2)7-9-14/h3-10,17,20-23,27-29H,11H2,1-2H3/t17-,20-,21+,22-,23-/m1/s1. The Morgan fingerprint density at radius 2 is 1.85 bits per heavy atom. The molecule has 1 aliphatic rings. The number of carbonyl (C=O) groups excluding carboxylic acids is 1. The van der Waals surface area contributed by atoms with Gasteiger partial charge in [-0.05, 0) is 36.4 Å². The van der Waals surface area contributed by atoms with Gasteiger partial charge in [-0.15, -0.1) is 0 Å². The van der Waals surface area contributed by atoms with Crippen molar-refractivity contribution < 1.29 is 34.3 Å². The highest BCUT2D eigenvalue weighted by Gasteiger charge is 2.45. The number of hydrogen-bond acceptors (Lipinski definition) is 8. The molecule has 1 fully saturated rings. The number of rotatable bonds is 6. The predicted octanol–water partition coefficient (Wildman–Crippen LogP) is 3.00. The second-order valence-electron chi connectivity index (χ2n) is 7.65. The molecule has 0 spiro atoms. The monoisotopic (exact) mass is 493 g/mol. The molecule has 5 atom stereocenters. The second-order valence-corrected chi connectivity index (χ2v) is 9.17. The lowest BCUT2D eigenvalue weighted by Crippen LogP contribution is -2.56. The predicted molar refractivity (Wildman–Crippen MR) is 123 cm³/mol. The van der Waals surface area contributed by atoms with E-state index in [1.54, 1.807) is 30.0 Å². The maximum Gasteiger partial charge on any atom is 0.302 e. The van der Waals surface area contributed by atoms with Crippen LogP contribution < -0.4 is 4.74 Å². The van der Waals surface area contributed by atoms with E-state index < -0.39 is 36.6 Å². The van der Waals surface area contributed by atoms with Gasteiger partial charge in [0, 0.05) is 28.3 Å². The maximum atomic E-state index is 11.2. The smallest absolute Gasteiger partial charge is 0.302 e. The van der Waals surface area contributed by atoms with Crippen LogP contribution in [-0.4, -0.2) is 64.0 Å². The summed E-state index contributed by atoms with van der Waals surface area (Å²) in [5, 5.41) is 32.8. The van der Waals surface area contributed by atoms with Crippen molar-refractivity contribution in [1.82, 2.24) is 4.57 Å². The highest BCUT2D eigenvalue weighted by molar-refractivity contribution is 7.99. The van der Waals surface area contributed by atoms with Crippen molar-refractivity contribution in [2.24, 2.45) is 0 Å². The van der Waals surface area contributed by atoms with Crippen LogP contribution in [0.2, 0.25) is 5.02 Å². The van der Waals surface area contributed by atoms with Crippen LogP contribution in [0.5, 0.6) is 5.75 Å². The zero-order valence-corrected chi connectivity index (χ0v) is 19.5. The van der Waals surface area contributed by atoms with Gasteiger partial charge in [0.1, 0.15) is 36.8 Å². The molecule has 10 heteroatoms. The van der Waals surface area contributed by atoms with Gasteiger partial charge in [-0.1, -0.05) is 29.4 Å². The van der Waals surface area contributed by atoms with Gasteiger partial charge < -0.3 is 34.1 Å². The summed E-state index contributed by atoms with van der Waals surface area (Å²) < 4.78 is 17.8. The van der Waals surface area contributed by atoms with Crippen LogP contribution in [0.25, 0.3) is 10.9 Å². The van der Waals surface area contributed by atoms with E-state index in [0.29, 0.717) is 10.5 Å². The number of ether oxygens (including phenoxy) is 3. The number of esters is 1. The number of nitrogens with zero attached hydrogens (tertiary/aromatic N) is 1. The summed E-state index contributed by atoms with van der Waals surface area (Å²) in [4.78, 5) is 13.0. The Morgan fingerprint density at radius 3 is 2.52 bits per heavy atom. The molecule has 1 aromatic heterocycles. The van der Waals surface area contributed by atoms with Crippen molar-refractivity contribution >= 4 is 40.2 Å². The van der Waals surface area contributed by atoms with Crippen LogP contribution in [0.3, 0.4) is 0 Å². The quantitative estimate of drug-likeness (QED) is 0.449. The molecule has 4 rings (SSSR count). The minimum absolute atomic E-state index is 0.260. The Kier molecular flexibility index (Phi) is 7.18. The van der Waals surface area contributed by atoms with Crippen LogP contribution in [0.4, 0.5) is 0 Å². The minimum atomic E-state index is -1.50. The van der Waals surface area contributed by atoms with E-state index in [4.69, 9.17) is 25.8 Å². The molecule has 33 heavy (non-hydrogen) atoms. The molecule has 0 aliphatic carbocycles. The fourth-order valence-corrected chi connectivity index (χ4v) is 5.13. The lowest BCUT2D eigenvalue weighted by Gasteiger charge is -2.41. The number of halogens is 1. The molecule has 1 aliphatic heterocycles. The Labute approximate surface area is 199 Å². The highest BCUT2D eigenvalue weighted by atomic mass is 35.5. The third kappa shape index (κ3) is 4.84. The first kappa shape index (κ1) is 23.9. The number of hydrogen-bond donors (Lipinski definition) is 3. The number of fused-ring (bicyclic) bond motifs is 1. The number of aliphatic hydroxyl groups is 3. The molecule has 2 aromatic carbocycles. The fraction of sp³-hybridized carbons (Fsp3) is 0.348. The van der Waals surface area contributed by atoms with Crippen molar-refractivity contribution in [3.05, 3.63) is 53.7 Å². The zero-order valence-electron chi connectivity index (χ0n) is 17.9. The molecule has 0 bridgehead atoms. The molecule has 1 saturated heterocycles. The number of aliphatic hydroxyl groups excluding tert-OH is 3. The Bertz CT molecular complexity index is 1140. The Hall–Kier alpha value is -2.27. The Balaban J connectivity index is 1.72. The average molecular weight is 494 g/mol. The third-order valence-corrected chi connectivity index (χ3v) is 6.82. The van der Waals surface area contributed by atoms with Crippen molar-refractivity contribution in [1.29, 1.82) is 0 Å². The molecule has 0 radical (unpaired) electrons. The van der Waals surface area contributed by atoms with Crippen molar-refractivity contribution in [2.75, 3.05) is 13.7 Å². The van der Waals surface area contributed by atoms with Gasteiger partial charge in [-0.2, -0.15) is 0 Å². The van der Waals surface area contributed by atoms with E-state index in [-0.39, 0.29) is 6.61 Å². The van der Waals surface area contributed by atoms with Crippen LogP contribution in [0.1, 0.15) is 13.2 Å². The van der Waals surface area contributed by atoms with Crippen LogP contribution in [0.15, 0.2) is 58.5 Å². The van der Waals surface area contributed by atoms with Crippen LogP contribution in [0, 0.1) is 0 Å². The molecule has 2 heterocycles. The first-order chi connectivity index (χ1) is 15.8. The van der Waals surface area contributed by atoms with E-state index in [2.05, 4.69) is 0 Å². The van der Waals surface area contributed by atoms with Crippen LogP contribution in [-0.2, 0) is 14.3 Å². The largest absolute Gasteiger partial charge is 0.497 e. The summed E-state index contributed by atoms with van der Waals surface area (Å²) >= 11 is 8.01. The molecular formula is C23H24ClNO7S. The molecule has 0 unspecified atom stereocenters. The molecular weight excluding hydrogens is 470 g/mol. The van der Waals surface area contributed by atoms with E-state index in [9.17, 15) is 20.1 Å². The molecule has 3 aromatic rings. The number of methoxy groups -OCH3 is 1. The van der Waals surface area contributed by atoms with Gasteiger partial charge in [-0.25, -0.2) is 0 Å².